The van der Waals surface area contributed by atoms with Gasteiger partial charge >= 0.3 is 0 Å². The molecule has 2 heterocycles. The van der Waals surface area contributed by atoms with Crippen molar-refractivity contribution in [1.29, 1.82) is 0 Å². The minimum absolute atomic E-state index is 0.105. The summed E-state index contributed by atoms with van der Waals surface area (Å²) in [5.41, 5.74) is 9.86. The van der Waals surface area contributed by atoms with E-state index >= 15 is 0 Å². The fourth-order valence-electron chi connectivity index (χ4n) is 7.26. The largest absolute Gasteiger partial charge is 0.455 e. The van der Waals surface area contributed by atoms with Crippen LogP contribution in [0.2, 0.25) is 0 Å². The summed E-state index contributed by atoms with van der Waals surface area (Å²) in [7, 11) is 2.20. The van der Waals surface area contributed by atoms with Crippen molar-refractivity contribution >= 4 is 32.3 Å². The lowest BCUT2D eigenvalue weighted by Crippen LogP contribution is -2.32. The second-order valence-electron chi connectivity index (χ2n) is 16.9. The number of aryl methyl sites for hydroxylation is 3. The zero-order valence-electron chi connectivity index (χ0n) is 28.6. The average Bonchev–Trinajstić information content (AvgIpc) is 2.86. The molecule has 2 heteroatoms. The van der Waals surface area contributed by atoms with E-state index in [0.717, 1.165) is 30.8 Å². The quantitative estimate of drug-likeness (QED) is 0.152. The molecule has 2 nitrogen and oxygen atoms in total. The number of rotatable bonds is 3. The number of fused-ring (bicyclic) bond motifs is 5. The molecule has 1 aliphatic heterocycles. The lowest BCUT2D eigenvalue weighted by atomic mass is 9.80. The Morgan fingerprint density at radius 1 is 0.651 bits per heavy atom. The van der Waals surface area contributed by atoms with Crippen LogP contribution in [0.25, 0.3) is 43.6 Å². The summed E-state index contributed by atoms with van der Waals surface area (Å²) in [6, 6.07) is 16.6. The van der Waals surface area contributed by atoms with Crippen LogP contribution in [-0.2, 0) is 26.3 Å². The number of pyridine rings is 1. The average molecular weight is 573 g/mol. The first-order valence-corrected chi connectivity index (χ1v) is 16.1. The van der Waals surface area contributed by atoms with Gasteiger partial charge in [0.1, 0.15) is 18.5 Å². The summed E-state index contributed by atoms with van der Waals surface area (Å²) < 4.78 is 9.63. The molecule has 0 aliphatic carbocycles. The standard InChI is InChI=1S/C41H50NO/c1-24-17-28-19-27-15-16-42(12)36-34-25(2)31-18-26(21-39(3,4)5)13-14-30(31)33(23-41(9,10)11)38(34)43-37(35(27)36)32(28)20-29(24)22-40(6,7)8/h13-20H,21-23H2,1-12H3/q+1. The van der Waals surface area contributed by atoms with Crippen molar-refractivity contribution in [3.05, 3.63) is 76.5 Å². The van der Waals surface area contributed by atoms with Gasteiger partial charge in [-0.25, -0.2) is 4.57 Å². The SMILES string of the molecule is Cc1cc2cc3cc[n+](C)c4c3c(c2cc1CC(C)(C)C)Oc1c-4c(C)c2cc(CC(C)(C)C)ccc2c1CC(C)(C)C. The highest BCUT2D eigenvalue weighted by Gasteiger charge is 2.35. The zero-order chi connectivity index (χ0) is 31.2. The maximum Gasteiger partial charge on any atom is 0.228 e. The van der Waals surface area contributed by atoms with Gasteiger partial charge < -0.3 is 4.74 Å². The minimum Gasteiger partial charge on any atom is -0.455 e. The molecule has 0 atom stereocenters. The van der Waals surface area contributed by atoms with Gasteiger partial charge in [-0.1, -0.05) is 86.6 Å². The van der Waals surface area contributed by atoms with Crippen LogP contribution in [0.4, 0.5) is 0 Å². The van der Waals surface area contributed by atoms with Gasteiger partial charge in [0.2, 0.25) is 5.69 Å². The molecule has 43 heavy (non-hydrogen) atoms. The van der Waals surface area contributed by atoms with Crippen molar-refractivity contribution < 1.29 is 9.30 Å². The normalized spacial score (nSPS) is 13.6. The van der Waals surface area contributed by atoms with E-state index in [9.17, 15) is 0 Å². The molecule has 0 saturated heterocycles. The molecule has 224 valence electrons. The van der Waals surface area contributed by atoms with E-state index in [1.54, 1.807) is 0 Å². The Morgan fingerprint density at radius 2 is 1.33 bits per heavy atom. The van der Waals surface area contributed by atoms with Gasteiger partial charge in [-0.15, -0.1) is 0 Å². The van der Waals surface area contributed by atoms with Crippen molar-refractivity contribution in [2.45, 2.75) is 95.4 Å². The molecule has 1 aromatic heterocycles. The second kappa shape index (κ2) is 9.81. The maximum absolute atomic E-state index is 7.31. The molecule has 0 unspecified atom stereocenters. The third-order valence-electron chi connectivity index (χ3n) is 8.94. The number of aromatic nitrogens is 1. The van der Waals surface area contributed by atoms with E-state index in [1.807, 2.05) is 0 Å². The number of nitrogens with zero attached hydrogens (tertiary/aromatic N) is 1. The molecule has 1 aliphatic rings. The zero-order valence-corrected chi connectivity index (χ0v) is 28.6. The summed E-state index contributed by atoms with van der Waals surface area (Å²) >= 11 is 0. The van der Waals surface area contributed by atoms with Crippen LogP contribution >= 0.6 is 0 Å². The summed E-state index contributed by atoms with van der Waals surface area (Å²) in [4.78, 5) is 0. The molecule has 0 bridgehead atoms. The van der Waals surface area contributed by atoms with Crippen molar-refractivity contribution in [2.75, 3.05) is 0 Å². The fourth-order valence-corrected chi connectivity index (χ4v) is 7.26. The second-order valence-corrected chi connectivity index (χ2v) is 16.9. The maximum atomic E-state index is 7.31. The molecule has 4 aromatic carbocycles. The Balaban J connectivity index is 1.73. The predicted octanol–water partition coefficient (Wildman–Crippen LogP) is 11.1. The molecule has 0 fully saturated rings. The minimum atomic E-state index is 0.105. The van der Waals surface area contributed by atoms with E-state index in [2.05, 4.69) is 136 Å². The lowest BCUT2D eigenvalue weighted by Gasteiger charge is -2.29. The Labute approximate surface area is 259 Å². The van der Waals surface area contributed by atoms with Crippen LogP contribution in [0.1, 0.15) is 90.1 Å². The van der Waals surface area contributed by atoms with Gasteiger partial charge in [0.05, 0.1) is 10.9 Å². The van der Waals surface area contributed by atoms with Gasteiger partial charge in [0.25, 0.3) is 0 Å². The molecule has 6 rings (SSSR count). The molecule has 5 aromatic rings. The van der Waals surface area contributed by atoms with Crippen molar-refractivity contribution in [3.8, 4) is 22.8 Å². The van der Waals surface area contributed by atoms with Gasteiger partial charge in [0.15, 0.2) is 6.20 Å². The highest BCUT2D eigenvalue weighted by Crippen LogP contribution is 2.54. The first-order valence-electron chi connectivity index (χ1n) is 16.1. The summed E-state index contributed by atoms with van der Waals surface area (Å²) in [5.74, 6) is 2.06. The Morgan fingerprint density at radius 3 is 1.98 bits per heavy atom. The van der Waals surface area contributed by atoms with Crippen LogP contribution in [0.15, 0.2) is 48.7 Å². The van der Waals surface area contributed by atoms with Crippen LogP contribution in [0.3, 0.4) is 0 Å². The Hall–Kier alpha value is -3.39. The third-order valence-corrected chi connectivity index (χ3v) is 8.94. The van der Waals surface area contributed by atoms with Crippen LogP contribution in [-0.4, -0.2) is 0 Å². The highest BCUT2D eigenvalue weighted by molar-refractivity contribution is 6.13. The van der Waals surface area contributed by atoms with Crippen molar-refractivity contribution in [2.24, 2.45) is 23.3 Å². The topological polar surface area (TPSA) is 13.1 Å². The Bertz CT molecular complexity index is 1940. The van der Waals surface area contributed by atoms with Gasteiger partial charge in [-0.2, -0.15) is 0 Å². The molecule has 0 amide bonds. The first kappa shape index (κ1) is 29.7. The van der Waals surface area contributed by atoms with Crippen molar-refractivity contribution in [1.82, 2.24) is 0 Å². The molecular formula is C41H50NO+. The lowest BCUT2D eigenvalue weighted by molar-refractivity contribution is -0.659. The van der Waals surface area contributed by atoms with E-state index in [-0.39, 0.29) is 16.2 Å². The van der Waals surface area contributed by atoms with E-state index in [0.29, 0.717) is 0 Å². The summed E-state index contributed by atoms with van der Waals surface area (Å²) in [5, 5.41) is 7.62. The van der Waals surface area contributed by atoms with Gasteiger partial charge in [0, 0.05) is 17.0 Å². The number of benzene rings is 4. The van der Waals surface area contributed by atoms with Gasteiger partial charge in [-0.05, 0) is 105 Å². The summed E-state index contributed by atoms with van der Waals surface area (Å²) in [6.45, 7) is 25.5. The number of hydrogen-bond donors (Lipinski definition) is 0. The van der Waals surface area contributed by atoms with Gasteiger partial charge in [-0.3, -0.25) is 0 Å². The summed E-state index contributed by atoms with van der Waals surface area (Å²) in [6.07, 6.45) is 5.26. The fraction of sp³-hybridized carbons (Fsp3) is 0.439. The third kappa shape index (κ3) is 5.43. The molecule has 0 N–H and O–H groups in total. The molecular weight excluding hydrogens is 522 g/mol. The smallest absolute Gasteiger partial charge is 0.228 e. The monoisotopic (exact) mass is 572 g/mol. The van der Waals surface area contributed by atoms with Crippen LogP contribution < -0.4 is 9.30 Å². The van der Waals surface area contributed by atoms with E-state index in [1.165, 1.54) is 71.4 Å². The van der Waals surface area contributed by atoms with Crippen LogP contribution in [0, 0.1) is 30.1 Å². The number of ether oxygens (including phenoxy) is 1. The predicted molar refractivity (Wildman–Crippen MR) is 185 cm³/mol. The highest BCUT2D eigenvalue weighted by atomic mass is 16.5. The van der Waals surface area contributed by atoms with Crippen molar-refractivity contribution in [3.63, 3.8) is 0 Å². The molecule has 0 saturated carbocycles. The molecule has 0 radical (unpaired) electrons. The van der Waals surface area contributed by atoms with E-state index < -0.39 is 0 Å². The molecule has 0 spiro atoms. The first-order chi connectivity index (χ1) is 19.9. The Kier molecular flexibility index (Phi) is 6.77. The number of hydrogen-bond acceptors (Lipinski definition) is 1. The van der Waals surface area contributed by atoms with Crippen LogP contribution in [0.5, 0.6) is 11.5 Å². The van der Waals surface area contributed by atoms with E-state index in [4.69, 9.17) is 4.74 Å².